The number of hydrogen-bond donors (Lipinski definition) is 1. The van der Waals surface area contributed by atoms with Gasteiger partial charge in [0.2, 0.25) is 0 Å². The molecule has 100 valence electrons. The first-order valence-corrected chi connectivity index (χ1v) is 8.44. The summed E-state index contributed by atoms with van der Waals surface area (Å²) in [7, 11) is -2.73. The van der Waals surface area contributed by atoms with Gasteiger partial charge in [-0.1, -0.05) is 13.0 Å². The summed E-state index contributed by atoms with van der Waals surface area (Å²) in [6, 6.07) is 0.471. The van der Waals surface area contributed by atoms with Crippen molar-refractivity contribution in [3.8, 4) is 0 Å². The van der Waals surface area contributed by atoms with Crippen LogP contribution in [0.5, 0.6) is 0 Å². The Labute approximate surface area is 106 Å². The third-order valence-electron chi connectivity index (χ3n) is 3.40. The number of hydrogen-bond acceptors (Lipinski definition) is 3. The Balaban J connectivity index is 2.35. The van der Waals surface area contributed by atoms with Crippen molar-refractivity contribution in [2.75, 3.05) is 18.1 Å². The minimum atomic E-state index is -2.73. The molecule has 0 aromatic carbocycles. The molecule has 4 heteroatoms. The highest BCUT2D eigenvalue weighted by Gasteiger charge is 2.29. The van der Waals surface area contributed by atoms with Crippen LogP contribution in [0.3, 0.4) is 0 Å². The minimum Gasteiger partial charge on any atom is -0.314 e. The summed E-state index contributed by atoms with van der Waals surface area (Å²) in [5.74, 6) is 1.16. The number of nitrogens with one attached hydrogen (secondary N) is 1. The first-order chi connectivity index (χ1) is 8.07. The van der Waals surface area contributed by atoms with Crippen LogP contribution in [0.25, 0.3) is 0 Å². The van der Waals surface area contributed by atoms with Gasteiger partial charge >= 0.3 is 0 Å². The number of rotatable bonds is 8. The zero-order valence-corrected chi connectivity index (χ0v) is 11.6. The molecule has 1 aliphatic heterocycles. The molecule has 2 atom stereocenters. The predicted octanol–water partition coefficient (Wildman–Crippen LogP) is 2.15. The van der Waals surface area contributed by atoms with Crippen LogP contribution in [0.1, 0.15) is 39.0 Å². The maximum Gasteiger partial charge on any atom is 0.150 e. The van der Waals surface area contributed by atoms with E-state index < -0.39 is 9.84 Å². The van der Waals surface area contributed by atoms with Crippen LogP contribution in [-0.2, 0) is 9.84 Å². The maximum absolute atomic E-state index is 11.4. The van der Waals surface area contributed by atoms with Crippen LogP contribution in [0, 0.1) is 5.92 Å². The monoisotopic (exact) mass is 259 g/mol. The van der Waals surface area contributed by atoms with Crippen LogP contribution in [0.4, 0.5) is 0 Å². The zero-order valence-electron chi connectivity index (χ0n) is 10.8. The van der Waals surface area contributed by atoms with Crippen molar-refractivity contribution >= 4 is 9.84 Å². The van der Waals surface area contributed by atoms with E-state index >= 15 is 0 Å². The lowest BCUT2D eigenvalue weighted by Crippen LogP contribution is -2.31. The normalized spacial score (nSPS) is 24.6. The van der Waals surface area contributed by atoms with Gasteiger partial charge in [0.25, 0.3) is 0 Å². The number of unbranched alkanes of at least 4 members (excludes halogenated alkanes) is 1. The Morgan fingerprint density at radius 1 is 1.53 bits per heavy atom. The Morgan fingerprint density at radius 2 is 2.29 bits per heavy atom. The fraction of sp³-hybridized carbons (Fsp3) is 0.846. The first kappa shape index (κ1) is 14.7. The third kappa shape index (κ3) is 5.68. The molecule has 1 aliphatic rings. The fourth-order valence-corrected chi connectivity index (χ4v) is 4.44. The smallest absolute Gasteiger partial charge is 0.150 e. The van der Waals surface area contributed by atoms with Crippen molar-refractivity contribution in [2.24, 2.45) is 5.92 Å². The van der Waals surface area contributed by atoms with Crippen LogP contribution in [0.2, 0.25) is 0 Å². The summed E-state index contributed by atoms with van der Waals surface area (Å²) in [5, 5.41) is 3.47. The number of sulfone groups is 1. The molecule has 3 nitrogen and oxygen atoms in total. The largest absolute Gasteiger partial charge is 0.314 e. The Bertz CT molecular complexity index is 324. The van der Waals surface area contributed by atoms with Crippen LogP contribution in [0.15, 0.2) is 12.7 Å². The Morgan fingerprint density at radius 3 is 2.82 bits per heavy atom. The summed E-state index contributed by atoms with van der Waals surface area (Å²) in [4.78, 5) is 0. The van der Waals surface area contributed by atoms with Crippen molar-refractivity contribution in [1.82, 2.24) is 5.32 Å². The SMILES string of the molecule is C=CCCCC(CC1CCS(=O)(=O)C1)NCC. The second kappa shape index (κ2) is 7.17. The summed E-state index contributed by atoms with van der Waals surface area (Å²) in [6.07, 6.45) is 7.11. The van der Waals surface area contributed by atoms with Gasteiger partial charge in [-0.05, 0) is 44.6 Å². The highest BCUT2D eigenvalue weighted by atomic mass is 32.2. The van der Waals surface area contributed by atoms with Crippen LogP contribution in [-0.4, -0.2) is 32.5 Å². The molecule has 2 unspecified atom stereocenters. The average molecular weight is 259 g/mol. The van der Waals surface area contributed by atoms with Gasteiger partial charge < -0.3 is 5.32 Å². The summed E-state index contributed by atoms with van der Waals surface area (Å²) in [5.41, 5.74) is 0. The van der Waals surface area contributed by atoms with Crippen molar-refractivity contribution in [1.29, 1.82) is 0 Å². The van der Waals surface area contributed by atoms with Crippen molar-refractivity contribution in [2.45, 2.75) is 45.1 Å². The van der Waals surface area contributed by atoms with Gasteiger partial charge in [0, 0.05) is 6.04 Å². The van der Waals surface area contributed by atoms with Gasteiger partial charge in [0.1, 0.15) is 0 Å². The van der Waals surface area contributed by atoms with E-state index in [1.165, 1.54) is 0 Å². The molecule has 1 fully saturated rings. The van der Waals surface area contributed by atoms with E-state index in [0.717, 1.165) is 38.6 Å². The molecule has 0 bridgehead atoms. The molecule has 1 saturated heterocycles. The molecule has 0 aromatic rings. The molecule has 0 aliphatic carbocycles. The molecule has 17 heavy (non-hydrogen) atoms. The van der Waals surface area contributed by atoms with Crippen molar-refractivity contribution in [3.05, 3.63) is 12.7 Å². The summed E-state index contributed by atoms with van der Waals surface area (Å²) in [6.45, 7) is 6.79. The lowest BCUT2D eigenvalue weighted by molar-refractivity contribution is 0.387. The summed E-state index contributed by atoms with van der Waals surface area (Å²) >= 11 is 0. The van der Waals surface area contributed by atoms with E-state index in [1.54, 1.807) is 0 Å². The molecule has 1 rings (SSSR count). The molecule has 0 spiro atoms. The van der Waals surface area contributed by atoms with Gasteiger partial charge in [-0.25, -0.2) is 8.42 Å². The summed E-state index contributed by atoms with van der Waals surface area (Å²) < 4.78 is 22.8. The van der Waals surface area contributed by atoms with Crippen LogP contribution >= 0.6 is 0 Å². The minimum absolute atomic E-state index is 0.368. The lowest BCUT2D eigenvalue weighted by atomic mass is 9.96. The van der Waals surface area contributed by atoms with E-state index in [4.69, 9.17) is 0 Å². The van der Waals surface area contributed by atoms with Gasteiger partial charge in [-0.2, -0.15) is 0 Å². The maximum atomic E-state index is 11.4. The Kier molecular flexibility index (Phi) is 6.20. The van der Waals surface area contributed by atoms with Gasteiger partial charge in [-0.3, -0.25) is 0 Å². The number of allylic oxidation sites excluding steroid dienone is 1. The third-order valence-corrected chi connectivity index (χ3v) is 5.24. The quantitative estimate of drug-likeness (QED) is 0.536. The second-order valence-electron chi connectivity index (χ2n) is 4.98. The average Bonchev–Trinajstić information content (AvgIpc) is 2.59. The molecule has 0 aromatic heterocycles. The van der Waals surface area contributed by atoms with E-state index in [1.807, 2.05) is 6.08 Å². The van der Waals surface area contributed by atoms with Gasteiger partial charge in [-0.15, -0.1) is 6.58 Å². The van der Waals surface area contributed by atoms with Crippen LogP contribution < -0.4 is 5.32 Å². The highest BCUT2D eigenvalue weighted by Crippen LogP contribution is 2.24. The van der Waals surface area contributed by atoms with E-state index in [0.29, 0.717) is 23.5 Å². The standard InChI is InChI=1S/C13H25NO2S/c1-3-5-6-7-13(14-4-2)10-12-8-9-17(15,16)11-12/h3,12-14H,1,4-11H2,2H3. The molecular weight excluding hydrogens is 234 g/mol. The van der Waals surface area contributed by atoms with E-state index in [2.05, 4.69) is 18.8 Å². The fourth-order valence-electron chi connectivity index (χ4n) is 2.56. The topological polar surface area (TPSA) is 46.2 Å². The molecule has 1 heterocycles. The van der Waals surface area contributed by atoms with Crippen molar-refractivity contribution < 1.29 is 8.42 Å². The lowest BCUT2D eigenvalue weighted by Gasteiger charge is -2.20. The molecular formula is C13H25NO2S. The molecule has 0 saturated carbocycles. The zero-order chi connectivity index (χ0) is 12.7. The molecule has 1 N–H and O–H groups in total. The van der Waals surface area contributed by atoms with E-state index in [-0.39, 0.29) is 0 Å². The first-order valence-electron chi connectivity index (χ1n) is 6.62. The van der Waals surface area contributed by atoms with Crippen molar-refractivity contribution in [3.63, 3.8) is 0 Å². The van der Waals surface area contributed by atoms with Gasteiger partial charge in [0.05, 0.1) is 11.5 Å². The predicted molar refractivity (Wildman–Crippen MR) is 72.9 cm³/mol. The molecule has 0 amide bonds. The highest BCUT2D eigenvalue weighted by molar-refractivity contribution is 7.91. The second-order valence-corrected chi connectivity index (χ2v) is 7.21. The van der Waals surface area contributed by atoms with Gasteiger partial charge in [0.15, 0.2) is 9.84 Å². The van der Waals surface area contributed by atoms with E-state index in [9.17, 15) is 8.42 Å². The Hall–Kier alpha value is -0.350. The molecule has 0 radical (unpaired) electrons.